The third kappa shape index (κ3) is 5.13. The molecule has 0 saturated carbocycles. The zero-order chi connectivity index (χ0) is 19.5. The Morgan fingerprint density at radius 1 is 1.37 bits per heavy atom. The van der Waals surface area contributed by atoms with Crippen LogP contribution in [0.4, 0.5) is 13.2 Å². The van der Waals surface area contributed by atoms with Gasteiger partial charge in [0.1, 0.15) is 0 Å². The van der Waals surface area contributed by atoms with Crippen LogP contribution in [-0.4, -0.2) is 51.5 Å². The van der Waals surface area contributed by atoms with Gasteiger partial charge in [0.25, 0.3) is 0 Å². The van der Waals surface area contributed by atoms with Crippen LogP contribution in [0.1, 0.15) is 35.7 Å². The molecule has 1 aliphatic heterocycles. The van der Waals surface area contributed by atoms with E-state index in [4.69, 9.17) is 0 Å². The number of ether oxygens (including phenoxy) is 1. The number of hydrogen-bond donors (Lipinski definition) is 1. The van der Waals surface area contributed by atoms with Crippen LogP contribution in [0.5, 0.6) is 0 Å². The number of esters is 1. The Bertz CT molecular complexity index is 765. The first kappa shape index (κ1) is 23.7. The lowest BCUT2D eigenvalue weighted by Gasteiger charge is -2.27. The molecule has 1 fully saturated rings. The van der Waals surface area contributed by atoms with Crippen molar-refractivity contribution in [2.75, 3.05) is 26.7 Å². The summed E-state index contributed by atoms with van der Waals surface area (Å²) in [6, 6.07) is 2.06. The Morgan fingerprint density at radius 3 is 2.52 bits per heavy atom. The fourth-order valence-corrected chi connectivity index (χ4v) is 4.72. The van der Waals surface area contributed by atoms with E-state index >= 15 is 0 Å². The highest BCUT2D eigenvalue weighted by Crippen LogP contribution is 2.35. The second-order valence-corrected chi connectivity index (χ2v) is 7.85. The van der Waals surface area contributed by atoms with Gasteiger partial charge in [0.15, 0.2) is 0 Å². The summed E-state index contributed by atoms with van der Waals surface area (Å²) in [6.07, 6.45) is -3.77. The summed E-state index contributed by atoms with van der Waals surface area (Å²) in [7, 11) is -3.18. The van der Waals surface area contributed by atoms with Gasteiger partial charge in [-0.3, -0.25) is 0 Å². The van der Waals surface area contributed by atoms with Gasteiger partial charge in [0.05, 0.1) is 23.1 Å². The van der Waals surface area contributed by atoms with Crippen molar-refractivity contribution in [2.24, 2.45) is 0 Å². The molecule has 0 bridgehead atoms. The third-order valence-electron chi connectivity index (χ3n) is 4.19. The first-order chi connectivity index (χ1) is 12.1. The molecule has 1 aromatic carbocycles. The van der Waals surface area contributed by atoms with E-state index in [2.05, 4.69) is 10.1 Å². The highest BCUT2D eigenvalue weighted by Gasteiger charge is 2.39. The SMILES string of the molecule is CCCN(C1CCNC1)S(=O)(=O)c1ccc(C(=O)OC)c(C(F)(F)F)c1.Cl. The molecule has 0 amide bonds. The molecule has 0 radical (unpaired) electrons. The minimum atomic E-state index is -4.89. The number of methoxy groups -OCH3 is 1. The average molecular weight is 431 g/mol. The van der Waals surface area contributed by atoms with Gasteiger partial charge in [-0.25, -0.2) is 13.2 Å². The zero-order valence-corrected chi connectivity index (χ0v) is 16.5. The van der Waals surface area contributed by atoms with Crippen molar-refractivity contribution in [3.63, 3.8) is 0 Å². The molecule has 1 aliphatic rings. The van der Waals surface area contributed by atoms with E-state index in [1.807, 2.05) is 0 Å². The molecule has 0 aliphatic carbocycles. The number of carbonyl (C=O) groups is 1. The normalized spacial score (nSPS) is 17.6. The minimum Gasteiger partial charge on any atom is -0.465 e. The summed E-state index contributed by atoms with van der Waals surface area (Å²) in [5.41, 5.74) is -2.05. The van der Waals surface area contributed by atoms with Crippen molar-refractivity contribution in [3.05, 3.63) is 29.3 Å². The molecule has 1 N–H and O–H groups in total. The molecule has 2 rings (SSSR count). The molecule has 154 valence electrons. The molecule has 11 heteroatoms. The number of halogens is 4. The Hall–Kier alpha value is -1.36. The van der Waals surface area contributed by atoms with Crippen LogP contribution < -0.4 is 5.32 Å². The van der Waals surface area contributed by atoms with Crippen LogP contribution in [0.3, 0.4) is 0 Å². The molecule has 6 nitrogen and oxygen atoms in total. The van der Waals surface area contributed by atoms with Crippen LogP contribution in [0.25, 0.3) is 0 Å². The number of nitrogens with zero attached hydrogens (tertiary/aromatic N) is 1. The van der Waals surface area contributed by atoms with E-state index in [1.165, 1.54) is 4.31 Å². The van der Waals surface area contributed by atoms with E-state index in [9.17, 15) is 26.4 Å². The number of nitrogens with one attached hydrogen (secondary N) is 1. The molecule has 1 saturated heterocycles. The Labute approximate surface area is 162 Å². The van der Waals surface area contributed by atoms with E-state index in [-0.39, 0.29) is 25.0 Å². The Balaban J connectivity index is 0.00000364. The highest BCUT2D eigenvalue weighted by atomic mass is 35.5. The van der Waals surface area contributed by atoms with Gasteiger partial charge in [-0.2, -0.15) is 17.5 Å². The summed E-state index contributed by atoms with van der Waals surface area (Å²) < 4.78 is 71.5. The number of benzene rings is 1. The smallest absolute Gasteiger partial charge is 0.417 e. The Morgan fingerprint density at radius 2 is 2.04 bits per heavy atom. The maximum atomic E-state index is 13.3. The van der Waals surface area contributed by atoms with Gasteiger partial charge >= 0.3 is 12.1 Å². The number of rotatable bonds is 6. The van der Waals surface area contributed by atoms with Crippen molar-refractivity contribution in [1.82, 2.24) is 9.62 Å². The van der Waals surface area contributed by atoms with Gasteiger partial charge in [0, 0.05) is 19.1 Å². The molecule has 1 heterocycles. The van der Waals surface area contributed by atoms with Gasteiger partial charge < -0.3 is 10.1 Å². The largest absolute Gasteiger partial charge is 0.465 e. The van der Waals surface area contributed by atoms with Crippen molar-refractivity contribution in [3.8, 4) is 0 Å². The monoisotopic (exact) mass is 430 g/mol. The van der Waals surface area contributed by atoms with Crippen LogP contribution in [0, 0.1) is 0 Å². The van der Waals surface area contributed by atoms with E-state index in [1.54, 1.807) is 6.92 Å². The lowest BCUT2D eigenvalue weighted by Crippen LogP contribution is -2.42. The van der Waals surface area contributed by atoms with Gasteiger partial charge in [0.2, 0.25) is 10.0 Å². The standard InChI is InChI=1S/C16H21F3N2O4S.ClH/c1-3-8-21(11-6-7-20-10-11)26(23,24)12-4-5-13(15(22)25-2)14(9-12)16(17,18)19;/h4-5,9,11,20H,3,6-8,10H2,1-2H3;1H. The maximum Gasteiger partial charge on any atom is 0.417 e. The summed E-state index contributed by atoms with van der Waals surface area (Å²) in [5, 5.41) is 3.05. The fourth-order valence-electron chi connectivity index (χ4n) is 2.95. The van der Waals surface area contributed by atoms with Crippen molar-refractivity contribution in [1.29, 1.82) is 0 Å². The predicted molar refractivity (Wildman–Crippen MR) is 95.5 cm³/mol. The molecular formula is C16H22ClF3N2O4S. The first-order valence-corrected chi connectivity index (χ1v) is 9.59. The van der Waals surface area contributed by atoms with Crippen LogP contribution in [-0.2, 0) is 20.9 Å². The van der Waals surface area contributed by atoms with Crippen LogP contribution >= 0.6 is 12.4 Å². The topological polar surface area (TPSA) is 75.7 Å². The first-order valence-electron chi connectivity index (χ1n) is 8.15. The predicted octanol–water partition coefficient (Wildman–Crippen LogP) is 2.68. The van der Waals surface area contributed by atoms with Crippen molar-refractivity contribution in [2.45, 2.75) is 36.9 Å². The lowest BCUT2D eigenvalue weighted by molar-refractivity contribution is -0.138. The summed E-state index contributed by atoms with van der Waals surface area (Å²) in [5.74, 6) is -1.17. The van der Waals surface area contributed by atoms with Crippen LogP contribution in [0.2, 0.25) is 0 Å². The number of carbonyl (C=O) groups excluding carboxylic acids is 1. The summed E-state index contributed by atoms with van der Waals surface area (Å²) in [6.45, 7) is 3.10. The van der Waals surface area contributed by atoms with Gasteiger partial charge in [-0.15, -0.1) is 12.4 Å². The van der Waals surface area contributed by atoms with Crippen LogP contribution in [0.15, 0.2) is 23.1 Å². The van der Waals surface area contributed by atoms with E-state index < -0.39 is 38.2 Å². The number of hydrogen-bond acceptors (Lipinski definition) is 5. The van der Waals surface area contributed by atoms with E-state index in [0.29, 0.717) is 32.0 Å². The molecular weight excluding hydrogens is 409 g/mol. The second kappa shape index (κ2) is 9.22. The van der Waals surface area contributed by atoms with Gasteiger partial charge in [-0.05, 0) is 37.6 Å². The molecule has 0 spiro atoms. The highest BCUT2D eigenvalue weighted by molar-refractivity contribution is 7.89. The maximum absolute atomic E-state index is 13.3. The minimum absolute atomic E-state index is 0. The second-order valence-electron chi connectivity index (χ2n) is 5.96. The Kier molecular flexibility index (Phi) is 8.09. The molecule has 1 atom stereocenters. The van der Waals surface area contributed by atoms with E-state index in [0.717, 1.165) is 19.2 Å². The molecule has 0 aromatic heterocycles. The zero-order valence-electron chi connectivity index (χ0n) is 14.9. The third-order valence-corrected chi connectivity index (χ3v) is 6.14. The van der Waals surface area contributed by atoms with Crippen molar-refractivity contribution >= 4 is 28.4 Å². The summed E-state index contributed by atoms with van der Waals surface area (Å²) in [4.78, 5) is 11.1. The average Bonchev–Trinajstić information content (AvgIpc) is 3.11. The fraction of sp³-hybridized carbons (Fsp3) is 0.562. The quantitative estimate of drug-likeness (QED) is 0.702. The summed E-state index contributed by atoms with van der Waals surface area (Å²) >= 11 is 0. The van der Waals surface area contributed by atoms with Gasteiger partial charge in [-0.1, -0.05) is 6.92 Å². The molecule has 27 heavy (non-hydrogen) atoms. The lowest BCUT2D eigenvalue weighted by atomic mass is 10.1. The number of sulfonamides is 1. The molecule has 1 aromatic rings. The van der Waals surface area contributed by atoms with Crippen molar-refractivity contribution < 1.29 is 31.1 Å². The molecule has 1 unspecified atom stereocenters. The number of alkyl halides is 3.